The number of hydrogen-bond acceptors (Lipinski definition) is 5. The Morgan fingerprint density at radius 1 is 1.05 bits per heavy atom. The van der Waals surface area contributed by atoms with Crippen LogP contribution in [0.25, 0.3) is 0 Å². The number of fused-ring (bicyclic) bond motifs is 1. The van der Waals surface area contributed by atoms with E-state index in [1.165, 1.54) is 13.2 Å². The highest BCUT2D eigenvalue weighted by Crippen LogP contribution is 2.51. The van der Waals surface area contributed by atoms with E-state index in [-0.39, 0.29) is 24.1 Å². The van der Waals surface area contributed by atoms with Gasteiger partial charge in [0.15, 0.2) is 5.78 Å². The highest BCUT2D eigenvalue weighted by molar-refractivity contribution is 6.03. The molecule has 1 aliphatic carbocycles. The Kier molecular flexibility index (Phi) is 6.91. The van der Waals surface area contributed by atoms with Crippen LogP contribution in [0.2, 0.25) is 0 Å². The first-order valence-electron chi connectivity index (χ1n) is 11.1. The molecular weight excluding hydrogens is 518 g/mol. The van der Waals surface area contributed by atoms with E-state index < -0.39 is 58.8 Å². The first-order valence-corrected chi connectivity index (χ1v) is 11.1. The molecule has 1 heterocycles. The molecule has 13 heteroatoms. The van der Waals surface area contributed by atoms with Crippen LogP contribution in [0.4, 0.5) is 40.8 Å². The first kappa shape index (κ1) is 27.1. The van der Waals surface area contributed by atoms with Crippen molar-refractivity contribution in [3.63, 3.8) is 0 Å². The summed E-state index contributed by atoms with van der Waals surface area (Å²) in [6.07, 6.45) is -13.6. The van der Waals surface area contributed by atoms with Gasteiger partial charge in [0.05, 0.1) is 26.0 Å². The van der Waals surface area contributed by atoms with Crippen LogP contribution in [0.5, 0.6) is 5.75 Å². The summed E-state index contributed by atoms with van der Waals surface area (Å²) in [5, 5.41) is 9.61. The number of methoxy groups -OCH3 is 1. The molecule has 0 amide bonds. The van der Waals surface area contributed by atoms with Crippen LogP contribution in [0.3, 0.4) is 0 Å². The van der Waals surface area contributed by atoms with Gasteiger partial charge in [-0.15, -0.1) is 0 Å². The van der Waals surface area contributed by atoms with Crippen molar-refractivity contribution in [3.05, 3.63) is 58.2 Å². The fourth-order valence-corrected chi connectivity index (χ4v) is 4.74. The Hall–Kier alpha value is -2.93. The largest absolute Gasteiger partial charge is 0.495 e. The average Bonchev–Trinajstić information content (AvgIpc) is 3.13. The summed E-state index contributed by atoms with van der Waals surface area (Å²) in [5.41, 5.74) is -7.60. The lowest BCUT2D eigenvalue weighted by atomic mass is 9.87. The molecule has 37 heavy (non-hydrogen) atoms. The predicted octanol–water partition coefficient (Wildman–Crippen LogP) is 4.72. The topological polar surface area (TPSA) is 59.0 Å². The lowest BCUT2D eigenvalue weighted by Crippen LogP contribution is -2.54. The third-order valence-electron chi connectivity index (χ3n) is 6.71. The van der Waals surface area contributed by atoms with Gasteiger partial charge in [-0.2, -0.15) is 26.3 Å². The summed E-state index contributed by atoms with van der Waals surface area (Å²) in [6, 6.07) is 3.24. The number of benzene rings is 2. The van der Waals surface area contributed by atoms with Gasteiger partial charge < -0.3 is 19.5 Å². The van der Waals surface area contributed by atoms with Crippen molar-refractivity contribution in [2.24, 2.45) is 5.92 Å². The van der Waals surface area contributed by atoms with Crippen LogP contribution in [-0.2, 0) is 23.2 Å². The van der Waals surface area contributed by atoms with Gasteiger partial charge in [0.1, 0.15) is 17.4 Å². The van der Waals surface area contributed by atoms with Gasteiger partial charge in [-0.3, -0.25) is 4.79 Å². The van der Waals surface area contributed by atoms with Crippen LogP contribution in [0.15, 0.2) is 24.3 Å². The highest BCUT2D eigenvalue weighted by atomic mass is 19.4. The second kappa shape index (κ2) is 9.43. The van der Waals surface area contributed by atoms with E-state index in [2.05, 4.69) is 0 Å². The van der Waals surface area contributed by atoms with Gasteiger partial charge in [0, 0.05) is 35.7 Å². The summed E-state index contributed by atoms with van der Waals surface area (Å²) >= 11 is 0. The molecule has 0 saturated carbocycles. The molecule has 2 aromatic rings. The molecule has 1 atom stereocenters. The summed E-state index contributed by atoms with van der Waals surface area (Å²) in [7, 11) is 1.39. The van der Waals surface area contributed by atoms with Crippen molar-refractivity contribution >= 4 is 11.5 Å². The van der Waals surface area contributed by atoms with E-state index >= 15 is 4.39 Å². The number of nitrogens with zero attached hydrogens (tertiary/aromatic N) is 1. The molecule has 0 bridgehead atoms. The van der Waals surface area contributed by atoms with E-state index in [9.17, 15) is 40.6 Å². The normalized spacial score (nSPS) is 18.8. The predicted molar refractivity (Wildman–Crippen MR) is 114 cm³/mol. The van der Waals surface area contributed by atoms with E-state index in [4.69, 9.17) is 9.47 Å². The second-order valence-electron chi connectivity index (χ2n) is 8.84. The van der Waals surface area contributed by atoms with Gasteiger partial charge in [-0.05, 0) is 42.7 Å². The lowest BCUT2D eigenvalue weighted by Gasteiger charge is -2.33. The third-order valence-corrected chi connectivity index (χ3v) is 6.71. The number of aliphatic hydroxyl groups is 1. The number of hydrogen-bond donors (Lipinski definition) is 1. The van der Waals surface area contributed by atoms with Gasteiger partial charge in [0.25, 0.3) is 5.60 Å². The summed E-state index contributed by atoms with van der Waals surface area (Å²) < 4.78 is 120. The van der Waals surface area contributed by atoms with Crippen molar-refractivity contribution < 1.29 is 54.5 Å². The van der Waals surface area contributed by atoms with Crippen LogP contribution in [0, 0.1) is 17.6 Å². The quantitative estimate of drug-likeness (QED) is 0.558. The van der Waals surface area contributed by atoms with Crippen molar-refractivity contribution in [1.29, 1.82) is 0 Å². The molecule has 1 aliphatic heterocycles. The van der Waals surface area contributed by atoms with Crippen molar-refractivity contribution in [2.45, 2.75) is 30.8 Å². The Labute approximate surface area is 205 Å². The van der Waals surface area contributed by atoms with Crippen LogP contribution in [-0.4, -0.2) is 56.7 Å². The second-order valence-corrected chi connectivity index (χ2v) is 8.84. The fourth-order valence-electron chi connectivity index (χ4n) is 4.74. The molecule has 1 fully saturated rings. The van der Waals surface area contributed by atoms with Crippen molar-refractivity contribution in [2.75, 3.05) is 38.3 Å². The molecule has 202 valence electrons. The molecular formula is C24H21F8NO4. The minimum Gasteiger partial charge on any atom is -0.495 e. The number of anilines is 1. The molecule has 1 N–H and O–H groups in total. The molecule has 4 rings (SSSR count). The Morgan fingerprint density at radius 2 is 1.68 bits per heavy atom. The molecule has 2 aliphatic rings. The van der Waals surface area contributed by atoms with Crippen molar-refractivity contribution in [3.8, 4) is 5.75 Å². The van der Waals surface area contributed by atoms with Gasteiger partial charge >= 0.3 is 12.4 Å². The van der Waals surface area contributed by atoms with Crippen LogP contribution >= 0.6 is 0 Å². The molecule has 1 unspecified atom stereocenters. The number of morpholine rings is 1. The molecule has 5 nitrogen and oxygen atoms in total. The zero-order chi connectivity index (χ0) is 27.3. The summed E-state index contributed by atoms with van der Waals surface area (Å²) in [4.78, 5) is 15.0. The Morgan fingerprint density at radius 3 is 2.24 bits per heavy atom. The number of carbonyl (C=O) groups excluding carboxylic acids is 1. The zero-order valence-electron chi connectivity index (χ0n) is 19.3. The Balaban J connectivity index is 1.70. The minimum absolute atomic E-state index is 0.0541. The smallest absolute Gasteiger partial charge is 0.430 e. The van der Waals surface area contributed by atoms with E-state index in [0.29, 0.717) is 43.3 Å². The lowest BCUT2D eigenvalue weighted by molar-refractivity contribution is -0.377. The maximum absolute atomic E-state index is 15.1. The number of alkyl halides is 6. The zero-order valence-corrected chi connectivity index (χ0v) is 19.3. The number of halogens is 8. The van der Waals surface area contributed by atoms with Crippen LogP contribution < -0.4 is 9.64 Å². The van der Waals surface area contributed by atoms with Gasteiger partial charge in [-0.25, -0.2) is 8.78 Å². The number of carbonyl (C=O) groups is 1. The number of ether oxygens (including phenoxy) is 2. The van der Waals surface area contributed by atoms with Gasteiger partial charge in [0.2, 0.25) is 0 Å². The summed E-state index contributed by atoms with van der Waals surface area (Å²) in [5.74, 6) is -5.05. The van der Waals surface area contributed by atoms with E-state index in [1.54, 1.807) is 6.07 Å². The van der Waals surface area contributed by atoms with Crippen LogP contribution in [0.1, 0.15) is 27.0 Å². The molecule has 0 radical (unpaired) electrons. The standard InChI is InChI=1S/C24H21F8NO4/c1-36-19-11-14-12(10-18(19)33-4-6-37-7-5-33)8-13(21(14)34)9-15-17(25)3-2-16(20(15)26)22(35,23(27,28)29)24(30,31)32/h2-3,10-11,13,35H,4-9H2,1H3. The monoisotopic (exact) mass is 539 g/mol. The maximum atomic E-state index is 15.1. The molecule has 1 saturated heterocycles. The number of Topliss-reactive ketones (excluding diaryl/α,β-unsaturated/α-hetero) is 1. The SMILES string of the molecule is COc1cc2c(cc1N1CCOCC1)CC(Cc1c(F)ccc(C(O)(C(F)(F)F)C(F)(F)F)c1F)C2=O. The third kappa shape index (κ3) is 4.52. The molecule has 2 aromatic carbocycles. The first-order chi connectivity index (χ1) is 17.2. The van der Waals surface area contributed by atoms with Crippen molar-refractivity contribution in [1.82, 2.24) is 0 Å². The fraction of sp³-hybridized carbons (Fsp3) is 0.458. The number of rotatable bonds is 5. The Bertz CT molecular complexity index is 1190. The summed E-state index contributed by atoms with van der Waals surface area (Å²) in [6.45, 7) is 1.99. The van der Waals surface area contributed by atoms with Gasteiger partial charge in [-0.1, -0.05) is 0 Å². The molecule has 0 spiro atoms. The number of ketones is 1. The molecule has 0 aromatic heterocycles. The van der Waals surface area contributed by atoms with E-state index in [1.807, 2.05) is 4.90 Å². The maximum Gasteiger partial charge on any atom is 0.430 e. The minimum atomic E-state index is -6.35. The highest BCUT2D eigenvalue weighted by Gasteiger charge is 2.72. The average molecular weight is 539 g/mol. The van der Waals surface area contributed by atoms with E-state index in [0.717, 1.165) is 0 Å².